The van der Waals surface area contributed by atoms with Crippen molar-refractivity contribution in [1.82, 2.24) is 15.0 Å². The maximum Gasteiger partial charge on any atom is 0.164 e. The fourth-order valence-electron chi connectivity index (χ4n) is 9.30. The van der Waals surface area contributed by atoms with E-state index >= 15 is 0 Å². The highest BCUT2D eigenvalue weighted by Gasteiger charge is 2.25. The first-order valence-corrected chi connectivity index (χ1v) is 20.9. The molecule has 0 radical (unpaired) electrons. The molecule has 0 unspecified atom stereocenters. The molecule has 0 fully saturated rings. The molecule has 1 aliphatic rings. The second kappa shape index (κ2) is 14.4. The van der Waals surface area contributed by atoms with Crippen LogP contribution in [0.25, 0.3) is 105 Å². The van der Waals surface area contributed by atoms with Crippen LogP contribution in [0, 0.1) is 0 Å². The molecule has 11 aromatic rings. The van der Waals surface area contributed by atoms with E-state index in [2.05, 4.69) is 182 Å². The van der Waals surface area contributed by atoms with Crippen molar-refractivity contribution in [3.8, 4) is 56.4 Å². The Morgan fingerprint density at radius 3 is 1.69 bits per heavy atom. The van der Waals surface area contributed by atoms with Crippen LogP contribution in [-0.4, -0.2) is 15.0 Å². The first-order valence-electron chi connectivity index (χ1n) is 20.9. The summed E-state index contributed by atoms with van der Waals surface area (Å²) < 4.78 is 6.72. The molecule has 0 aliphatic heterocycles. The van der Waals surface area contributed by atoms with Gasteiger partial charge in [0.05, 0.1) is 0 Å². The third-order valence-electron chi connectivity index (χ3n) is 12.2. The Morgan fingerprint density at radius 1 is 0.361 bits per heavy atom. The van der Waals surface area contributed by atoms with Crippen LogP contribution < -0.4 is 0 Å². The lowest BCUT2D eigenvalue weighted by Crippen LogP contribution is -2.02. The molecule has 0 spiro atoms. The predicted molar refractivity (Wildman–Crippen MR) is 251 cm³/mol. The van der Waals surface area contributed by atoms with Gasteiger partial charge in [0.25, 0.3) is 0 Å². The third kappa shape index (κ3) is 6.03. The highest BCUT2D eigenvalue weighted by atomic mass is 16.3. The fraction of sp³-hybridized carbons (Fsp3) is 0.0351. The van der Waals surface area contributed by atoms with Crippen LogP contribution in [0.3, 0.4) is 0 Å². The first-order chi connectivity index (χ1) is 30.2. The summed E-state index contributed by atoms with van der Waals surface area (Å²) in [4.78, 5) is 15.7. The van der Waals surface area contributed by atoms with Crippen LogP contribution in [0.4, 0.5) is 0 Å². The SMILES string of the molecule is C1=C(c2ccc(-c3nc(-c4ccccc4)nc(-c4cc5ccccc5c5ccccc45)n3)c3ccccc23)c2c(oc3cc(-c4cccc(-c5ccccc5)c4)ccc23)CC1. The van der Waals surface area contributed by atoms with Gasteiger partial charge in [-0.05, 0) is 102 Å². The van der Waals surface area contributed by atoms with E-state index in [-0.39, 0.29) is 0 Å². The summed E-state index contributed by atoms with van der Waals surface area (Å²) in [6.45, 7) is 0. The summed E-state index contributed by atoms with van der Waals surface area (Å²) in [5.74, 6) is 2.96. The molecule has 12 rings (SSSR count). The van der Waals surface area contributed by atoms with Gasteiger partial charge in [-0.15, -0.1) is 0 Å². The zero-order valence-corrected chi connectivity index (χ0v) is 33.2. The van der Waals surface area contributed by atoms with Gasteiger partial charge in [0, 0.05) is 34.1 Å². The van der Waals surface area contributed by atoms with Crippen molar-refractivity contribution < 1.29 is 4.42 Å². The third-order valence-corrected chi connectivity index (χ3v) is 12.2. The topological polar surface area (TPSA) is 51.8 Å². The van der Waals surface area contributed by atoms with Crippen LogP contribution >= 0.6 is 0 Å². The van der Waals surface area contributed by atoms with Gasteiger partial charge in [-0.25, -0.2) is 15.0 Å². The minimum absolute atomic E-state index is 0.639. The zero-order chi connectivity index (χ0) is 40.3. The molecule has 286 valence electrons. The van der Waals surface area contributed by atoms with Crippen molar-refractivity contribution in [3.63, 3.8) is 0 Å². The number of aromatic nitrogens is 3. The summed E-state index contributed by atoms with van der Waals surface area (Å²) in [5.41, 5.74) is 12.1. The molecule has 1 aliphatic carbocycles. The normalized spacial score (nSPS) is 12.6. The Bertz CT molecular complexity index is 3530. The summed E-state index contributed by atoms with van der Waals surface area (Å²) in [5, 5.41) is 8.00. The molecule has 4 heteroatoms. The van der Waals surface area contributed by atoms with E-state index in [0.717, 1.165) is 73.4 Å². The van der Waals surface area contributed by atoms with E-state index < -0.39 is 0 Å². The number of allylic oxidation sites excluding steroid dienone is 1. The van der Waals surface area contributed by atoms with E-state index in [1.807, 2.05) is 18.2 Å². The van der Waals surface area contributed by atoms with Crippen LogP contribution in [0.5, 0.6) is 0 Å². The molecule has 0 N–H and O–H groups in total. The summed E-state index contributed by atoms with van der Waals surface area (Å²) in [7, 11) is 0. The van der Waals surface area contributed by atoms with Gasteiger partial charge in [-0.2, -0.15) is 0 Å². The molecule has 61 heavy (non-hydrogen) atoms. The van der Waals surface area contributed by atoms with Crippen molar-refractivity contribution in [2.45, 2.75) is 12.8 Å². The summed E-state index contributed by atoms with van der Waals surface area (Å²) in [6.07, 6.45) is 4.15. The predicted octanol–water partition coefficient (Wildman–Crippen LogP) is 14.8. The maximum atomic E-state index is 6.72. The molecule has 0 amide bonds. The highest BCUT2D eigenvalue weighted by molar-refractivity contribution is 6.13. The maximum absolute atomic E-state index is 6.72. The van der Waals surface area contributed by atoms with Crippen molar-refractivity contribution in [2.24, 2.45) is 0 Å². The second-order valence-electron chi connectivity index (χ2n) is 15.8. The molecule has 0 atom stereocenters. The number of nitrogens with zero attached hydrogens (tertiary/aromatic N) is 3. The Morgan fingerprint density at radius 2 is 0.918 bits per heavy atom. The largest absolute Gasteiger partial charge is 0.460 e. The Balaban J connectivity index is 0.991. The second-order valence-corrected chi connectivity index (χ2v) is 15.8. The molecule has 0 saturated heterocycles. The lowest BCUT2D eigenvalue weighted by atomic mass is 9.86. The number of furan rings is 1. The lowest BCUT2D eigenvalue weighted by molar-refractivity contribution is 0.545. The number of hydrogen-bond donors (Lipinski definition) is 0. The van der Waals surface area contributed by atoms with Gasteiger partial charge in [-0.1, -0.05) is 170 Å². The van der Waals surface area contributed by atoms with Gasteiger partial charge in [0.1, 0.15) is 11.3 Å². The number of benzene rings is 9. The zero-order valence-electron chi connectivity index (χ0n) is 33.2. The van der Waals surface area contributed by atoms with Gasteiger partial charge >= 0.3 is 0 Å². The number of aryl methyl sites for hydroxylation is 1. The van der Waals surface area contributed by atoms with Crippen LogP contribution in [0.15, 0.2) is 205 Å². The highest BCUT2D eigenvalue weighted by Crippen LogP contribution is 2.44. The number of rotatable bonds is 6. The molecule has 2 heterocycles. The summed E-state index contributed by atoms with van der Waals surface area (Å²) >= 11 is 0. The minimum Gasteiger partial charge on any atom is -0.460 e. The van der Waals surface area contributed by atoms with Crippen molar-refractivity contribution in [3.05, 3.63) is 217 Å². The first kappa shape index (κ1) is 35.0. The molecular formula is C57H37N3O. The van der Waals surface area contributed by atoms with Gasteiger partial charge < -0.3 is 4.42 Å². The van der Waals surface area contributed by atoms with Crippen LogP contribution in [0.2, 0.25) is 0 Å². The average Bonchev–Trinajstić information content (AvgIpc) is 3.72. The molecule has 0 saturated carbocycles. The van der Waals surface area contributed by atoms with Crippen molar-refractivity contribution >= 4 is 48.9 Å². The molecular weight excluding hydrogens is 743 g/mol. The van der Waals surface area contributed by atoms with E-state index in [1.54, 1.807) is 0 Å². The molecule has 9 aromatic carbocycles. The van der Waals surface area contributed by atoms with E-state index in [1.165, 1.54) is 44.2 Å². The minimum atomic E-state index is 0.639. The molecule has 4 nitrogen and oxygen atoms in total. The van der Waals surface area contributed by atoms with Gasteiger partial charge in [0.2, 0.25) is 0 Å². The number of hydrogen-bond acceptors (Lipinski definition) is 4. The Kier molecular flexibility index (Phi) is 8.27. The Labute approximate surface area is 353 Å². The molecule has 2 aromatic heterocycles. The van der Waals surface area contributed by atoms with Gasteiger partial charge in [0.15, 0.2) is 17.5 Å². The lowest BCUT2D eigenvalue weighted by Gasteiger charge is -2.18. The van der Waals surface area contributed by atoms with Crippen LogP contribution in [0.1, 0.15) is 23.3 Å². The number of fused-ring (bicyclic) bond motifs is 7. The smallest absolute Gasteiger partial charge is 0.164 e. The Hall–Kier alpha value is -7.95. The van der Waals surface area contributed by atoms with E-state index in [0.29, 0.717) is 17.5 Å². The van der Waals surface area contributed by atoms with Crippen LogP contribution in [-0.2, 0) is 6.42 Å². The summed E-state index contributed by atoms with van der Waals surface area (Å²) in [6, 6.07) is 68.6. The van der Waals surface area contributed by atoms with Gasteiger partial charge in [-0.3, -0.25) is 0 Å². The van der Waals surface area contributed by atoms with Crippen molar-refractivity contribution in [1.29, 1.82) is 0 Å². The molecule has 0 bridgehead atoms. The van der Waals surface area contributed by atoms with Crippen molar-refractivity contribution in [2.75, 3.05) is 0 Å². The quantitative estimate of drug-likeness (QED) is 0.158. The average molecular weight is 780 g/mol. The fourth-order valence-corrected chi connectivity index (χ4v) is 9.30. The van der Waals surface area contributed by atoms with E-state index in [9.17, 15) is 0 Å². The standard InChI is InChI=1S/C57H37N3O/c1-3-15-36(16-4-1)38-20-13-21-39(33-38)40-29-30-50-53(35-40)61-52-28-14-27-48(54(50)52)47-31-32-49(45-25-11-10-24-44(45)47)56-58-55(37-17-5-2-6-18-37)59-57(60-56)51-34-41-19-7-8-22-42(41)43-23-9-12-26-46(43)51/h1-13,15-27,29-35H,14,28H2. The van der Waals surface area contributed by atoms with E-state index in [4.69, 9.17) is 19.4 Å². The monoisotopic (exact) mass is 779 g/mol.